The van der Waals surface area contributed by atoms with E-state index in [0.717, 1.165) is 18.5 Å². The lowest BCUT2D eigenvalue weighted by Gasteiger charge is -2.10. The lowest BCUT2D eigenvalue weighted by Crippen LogP contribution is -2.11. The van der Waals surface area contributed by atoms with Gasteiger partial charge in [-0.1, -0.05) is 22.0 Å². The number of alkyl halides is 1. The summed E-state index contributed by atoms with van der Waals surface area (Å²) in [6, 6.07) is 4.19. The van der Waals surface area contributed by atoms with Crippen molar-refractivity contribution in [1.82, 2.24) is 0 Å². The van der Waals surface area contributed by atoms with Gasteiger partial charge in [-0.15, -0.1) is 11.3 Å². The summed E-state index contributed by atoms with van der Waals surface area (Å²) in [7, 11) is 0. The highest BCUT2D eigenvalue weighted by atomic mass is 79.9. The molecule has 1 saturated carbocycles. The smallest absolute Gasteiger partial charge is 0.0809 e. The minimum Gasteiger partial charge on any atom is -0.375 e. The fourth-order valence-electron chi connectivity index (χ4n) is 1.26. The number of hydrogen-bond acceptors (Lipinski definition) is 2. The molecule has 0 amide bonds. The van der Waals surface area contributed by atoms with Crippen molar-refractivity contribution in [3.63, 3.8) is 0 Å². The second kappa shape index (κ2) is 4.11. The van der Waals surface area contributed by atoms with Crippen molar-refractivity contribution in [3.05, 3.63) is 22.4 Å². The lowest BCUT2D eigenvalue weighted by atomic mass is 10.2. The molecule has 0 atom stereocenters. The van der Waals surface area contributed by atoms with E-state index < -0.39 is 0 Å². The van der Waals surface area contributed by atoms with Gasteiger partial charge in [-0.3, -0.25) is 0 Å². The quantitative estimate of drug-likeness (QED) is 0.738. The van der Waals surface area contributed by atoms with Crippen molar-refractivity contribution in [2.45, 2.75) is 19.4 Å². The molecule has 13 heavy (non-hydrogen) atoms. The molecule has 0 aliphatic heterocycles. The fourth-order valence-corrected chi connectivity index (χ4v) is 2.62. The molecule has 0 aromatic carbocycles. The zero-order valence-electron chi connectivity index (χ0n) is 7.46. The van der Waals surface area contributed by atoms with Gasteiger partial charge in [-0.25, -0.2) is 0 Å². The predicted octanol–water partition coefficient (Wildman–Crippen LogP) is 3.44. The van der Waals surface area contributed by atoms with Gasteiger partial charge in [0.05, 0.1) is 13.2 Å². The number of thiophene rings is 1. The molecule has 2 rings (SSSR count). The van der Waals surface area contributed by atoms with Gasteiger partial charge in [-0.05, 0) is 24.3 Å². The van der Waals surface area contributed by atoms with Gasteiger partial charge in [0.25, 0.3) is 0 Å². The van der Waals surface area contributed by atoms with Crippen LogP contribution < -0.4 is 0 Å². The van der Waals surface area contributed by atoms with Crippen LogP contribution in [0.15, 0.2) is 17.5 Å². The molecule has 1 aromatic rings. The average molecular weight is 261 g/mol. The van der Waals surface area contributed by atoms with Crippen molar-refractivity contribution >= 4 is 27.3 Å². The van der Waals surface area contributed by atoms with Crippen LogP contribution in [0, 0.1) is 5.41 Å². The summed E-state index contributed by atoms with van der Waals surface area (Å²) in [5.41, 5.74) is 0.483. The molecule has 1 heterocycles. The zero-order chi connectivity index (χ0) is 9.15. The van der Waals surface area contributed by atoms with Gasteiger partial charge in [-0.2, -0.15) is 0 Å². The van der Waals surface area contributed by atoms with Gasteiger partial charge in [0.15, 0.2) is 0 Å². The van der Waals surface area contributed by atoms with E-state index in [9.17, 15) is 0 Å². The third kappa shape index (κ3) is 2.55. The second-order valence-electron chi connectivity index (χ2n) is 3.71. The summed E-state index contributed by atoms with van der Waals surface area (Å²) in [5.74, 6) is 0. The Morgan fingerprint density at radius 3 is 2.92 bits per heavy atom. The minimum absolute atomic E-state index is 0.483. The molecule has 1 nitrogen and oxygen atoms in total. The first kappa shape index (κ1) is 9.69. The van der Waals surface area contributed by atoms with Crippen LogP contribution in [0.3, 0.4) is 0 Å². The Balaban J connectivity index is 1.70. The van der Waals surface area contributed by atoms with Crippen molar-refractivity contribution < 1.29 is 4.74 Å². The number of halogens is 1. The van der Waals surface area contributed by atoms with E-state index in [2.05, 4.69) is 33.4 Å². The summed E-state index contributed by atoms with van der Waals surface area (Å²) in [6.07, 6.45) is 2.64. The molecule has 1 aliphatic rings. The van der Waals surface area contributed by atoms with E-state index >= 15 is 0 Å². The lowest BCUT2D eigenvalue weighted by molar-refractivity contribution is 0.0878. The first-order valence-corrected chi connectivity index (χ1v) is 6.51. The van der Waals surface area contributed by atoms with E-state index in [-0.39, 0.29) is 0 Å². The summed E-state index contributed by atoms with van der Waals surface area (Å²) in [4.78, 5) is 1.32. The normalized spacial score (nSPS) is 18.8. The van der Waals surface area contributed by atoms with Crippen LogP contribution in [-0.4, -0.2) is 11.9 Å². The third-order valence-electron chi connectivity index (χ3n) is 2.47. The van der Waals surface area contributed by atoms with Crippen LogP contribution in [0.25, 0.3) is 0 Å². The maximum absolute atomic E-state index is 5.68. The highest BCUT2D eigenvalue weighted by molar-refractivity contribution is 9.09. The first-order chi connectivity index (χ1) is 6.35. The number of ether oxygens (including phenoxy) is 1. The van der Waals surface area contributed by atoms with E-state index in [4.69, 9.17) is 4.74 Å². The first-order valence-electron chi connectivity index (χ1n) is 4.51. The van der Waals surface area contributed by atoms with Gasteiger partial charge >= 0.3 is 0 Å². The van der Waals surface area contributed by atoms with E-state index in [1.807, 2.05) is 0 Å². The molecular weight excluding hydrogens is 248 g/mol. The predicted molar refractivity (Wildman–Crippen MR) is 59.4 cm³/mol. The van der Waals surface area contributed by atoms with Crippen LogP contribution in [0.1, 0.15) is 17.7 Å². The average Bonchev–Trinajstić information content (AvgIpc) is 2.74. The maximum Gasteiger partial charge on any atom is 0.0809 e. The Kier molecular flexibility index (Phi) is 3.06. The molecule has 1 fully saturated rings. The van der Waals surface area contributed by atoms with Crippen LogP contribution in [0.4, 0.5) is 0 Å². The Labute approximate surface area is 91.2 Å². The second-order valence-corrected chi connectivity index (χ2v) is 5.30. The SMILES string of the molecule is BrCC1(COCc2cccs2)CC1. The molecule has 0 N–H and O–H groups in total. The topological polar surface area (TPSA) is 9.23 Å². The number of rotatable bonds is 5. The molecule has 0 spiro atoms. The zero-order valence-corrected chi connectivity index (χ0v) is 9.86. The van der Waals surface area contributed by atoms with Crippen molar-refractivity contribution in [2.24, 2.45) is 5.41 Å². The highest BCUT2D eigenvalue weighted by Crippen LogP contribution is 2.47. The maximum atomic E-state index is 5.68. The molecule has 0 saturated heterocycles. The van der Waals surface area contributed by atoms with Gasteiger partial charge in [0.1, 0.15) is 0 Å². The Morgan fingerprint density at radius 1 is 1.54 bits per heavy atom. The fraction of sp³-hybridized carbons (Fsp3) is 0.600. The van der Waals surface area contributed by atoms with E-state index in [0.29, 0.717) is 5.41 Å². The highest BCUT2D eigenvalue weighted by Gasteiger charge is 2.41. The van der Waals surface area contributed by atoms with Crippen molar-refractivity contribution in [2.75, 3.05) is 11.9 Å². The van der Waals surface area contributed by atoms with E-state index in [1.165, 1.54) is 17.7 Å². The molecular formula is C10H13BrOS. The third-order valence-corrected chi connectivity index (χ3v) is 4.51. The molecule has 0 unspecified atom stereocenters. The van der Waals surface area contributed by atoms with Gasteiger partial charge in [0.2, 0.25) is 0 Å². The summed E-state index contributed by atoms with van der Waals surface area (Å²) >= 11 is 5.30. The van der Waals surface area contributed by atoms with E-state index in [1.54, 1.807) is 11.3 Å². The Morgan fingerprint density at radius 2 is 2.38 bits per heavy atom. The summed E-state index contributed by atoms with van der Waals surface area (Å²) in [5, 5.41) is 3.18. The Bertz CT molecular complexity index is 254. The standard InChI is InChI=1S/C10H13BrOS/c11-7-10(3-4-10)8-12-6-9-2-1-5-13-9/h1-2,5H,3-4,6-8H2. The molecule has 1 aromatic heterocycles. The molecule has 72 valence electrons. The number of hydrogen-bond donors (Lipinski definition) is 0. The van der Waals surface area contributed by atoms with Crippen molar-refractivity contribution in [1.29, 1.82) is 0 Å². The monoisotopic (exact) mass is 260 g/mol. The van der Waals surface area contributed by atoms with Crippen LogP contribution in [-0.2, 0) is 11.3 Å². The Hall–Kier alpha value is 0.140. The molecule has 3 heteroatoms. The molecule has 0 radical (unpaired) electrons. The van der Waals surface area contributed by atoms with Gasteiger partial charge in [0, 0.05) is 15.6 Å². The van der Waals surface area contributed by atoms with Crippen LogP contribution in [0.2, 0.25) is 0 Å². The van der Waals surface area contributed by atoms with Crippen molar-refractivity contribution in [3.8, 4) is 0 Å². The van der Waals surface area contributed by atoms with Gasteiger partial charge < -0.3 is 4.74 Å². The van der Waals surface area contributed by atoms with Crippen LogP contribution in [0.5, 0.6) is 0 Å². The van der Waals surface area contributed by atoms with Crippen LogP contribution >= 0.6 is 27.3 Å². The minimum atomic E-state index is 0.483. The summed E-state index contributed by atoms with van der Waals surface area (Å²) in [6.45, 7) is 1.70. The largest absolute Gasteiger partial charge is 0.375 e. The molecule has 1 aliphatic carbocycles. The summed E-state index contributed by atoms with van der Waals surface area (Å²) < 4.78 is 5.68. The molecule has 0 bridgehead atoms.